The Balaban J connectivity index is 2.06. The van der Waals surface area contributed by atoms with E-state index >= 15 is 0 Å². The molecule has 0 aliphatic rings. The Morgan fingerprint density at radius 2 is 2.43 bits per heavy atom. The fraction of sp³-hybridized carbons (Fsp3) is 0.636. The fourth-order valence-electron chi connectivity index (χ4n) is 1.25. The minimum atomic E-state index is 0.182. The van der Waals surface area contributed by atoms with Crippen LogP contribution in [0.15, 0.2) is 16.8 Å². The number of thiophene rings is 1. The molecule has 0 spiro atoms. The first-order valence-electron chi connectivity index (χ1n) is 5.17. The van der Waals surface area contributed by atoms with Crippen LogP contribution in [-0.2, 0) is 11.2 Å². The van der Waals surface area contributed by atoms with E-state index in [1.54, 1.807) is 11.3 Å². The first-order valence-corrected chi connectivity index (χ1v) is 6.11. The summed E-state index contributed by atoms with van der Waals surface area (Å²) in [7, 11) is 0. The summed E-state index contributed by atoms with van der Waals surface area (Å²) in [5.41, 5.74) is 7.30. The lowest BCUT2D eigenvalue weighted by Crippen LogP contribution is -2.26. The van der Waals surface area contributed by atoms with Gasteiger partial charge in [-0.05, 0) is 41.7 Å². The topological polar surface area (TPSA) is 35.2 Å². The van der Waals surface area contributed by atoms with Gasteiger partial charge in [-0.1, -0.05) is 6.92 Å². The van der Waals surface area contributed by atoms with Crippen LogP contribution in [0.5, 0.6) is 0 Å². The molecule has 0 radical (unpaired) electrons. The Bertz CT molecular complexity index is 223. The predicted octanol–water partition coefficient (Wildman–Crippen LogP) is 2.43. The molecule has 0 saturated carbocycles. The van der Waals surface area contributed by atoms with Crippen molar-refractivity contribution in [2.75, 3.05) is 13.2 Å². The van der Waals surface area contributed by atoms with Crippen molar-refractivity contribution in [2.24, 2.45) is 5.73 Å². The molecular formula is C11H19NOS. The molecule has 80 valence electrons. The van der Waals surface area contributed by atoms with Crippen molar-refractivity contribution >= 4 is 11.3 Å². The lowest BCUT2D eigenvalue weighted by atomic mass is 10.1. The molecular weight excluding hydrogens is 194 g/mol. The maximum absolute atomic E-state index is 5.91. The van der Waals surface area contributed by atoms with E-state index in [-0.39, 0.29) is 6.04 Å². The van der Waals surface area contributed by atoms with Crippen LogP contribution in [0.4, 0.5) is 0 Å². The van der Waals surface area contributed by atoms with E-state index in [0.717, 1.165) is 25.9 Å². The van der Waals surface area contributed by atoms with Crippen LogP contribution in [0.25, 0.3) is 0 Å². The average molecular weight is 213 g/mol. The van der Waals surface area contributed by atoms with Crippen LogP contribution in [0.2, 0.25) is 0 Å². The summed E-state index contributed by atoms with van der Waals surface area (Å²) < 4.78 is 5.39. The van der Waals surface area contributed by atoms with Gasteiger partial charge in [0.25, 0.3) is 0 Å². The highest BCUT2D eigenvalue weighted by atomic mass is 32.1. The van der Waals surface area contributed by atoms with Gasteiger partial charge in [-0.15, -0.1) is 0 Å². The second-order valence-electron chi connectivity index (χ2n) is 3.51. The molecule has 1 atom stereocenters. The van der Waals surface area contributed by atoms with E-state index in [1.807, 2.05) is 0 Å². The summed E-state index contributed by atoms with van der Waals surface area (Å²) in [6.45, 7) is 3.63. The van der Waals surface area contributed by atoms with Crippen molar-refractivity contribution in [3.05, 3.63) is 22.4 Å². The Labute approximate surface area is 90.1 Å². The molecule has 0 fully saturated rings. The van der Waals surface area contributed by atoms with Gasteiger partial charge in [0.05, 0.1) is 6.61 Å². The Hall–Kier alpha value is -0.380. The lowest BCUT2D eigenvalue weighted by Gasteiger charge is -2.10. The lowest BCUT2D eigenvalue weighted by molar-refractivity contribution is 0.119. The van der Waals surface area contributed by atoms with Crippen LogP contribution < -0.4 is 5.73 Å². The molecule has 0 amide bonds. The molecule has 1 unspecified atom stereocenters. The number of aryl methyl sites for hydroxylation is 1. The van der Waals surface area contributed by atoms with Crippen LogP contribution in [0, 0.1) is 0 Å². The van der Waals surface area contributed by atoms with Gasteiger partial charge in [-0.3, -0.25) is 0 Å². The summed E-state index contributed by atoms with van der Waals surface area (Å²) >= 11 is 1.74. The number of rotatable bonds is 7. The number of ether oxygens (including phenoxy) is 1. The highest BCUT2D eigenvalue weighted by Crippen LogP contribution is 2.09. The zero-order chi connectivity index (χ0) is 10.2. The molecule has 0 aliphatic carbocycles. The normalized spacial score (nSPS) is 13.0. The van der Waals surface area contributed by atoms with Crippen molar-refractivity contribution in [2.45, 2.75) is 32.2 Å². The van der Waals surface area contributed by atoms with Gasteiger partial charge in [0.2, 0.25) is 0 Å². The van der Waals surface area contributed by atoms with Gasteiger partial charge in [-0.25, -0.2) is 0 Å². The van der Waals surface area contributed by atoms with Gasteiger partial charge >= 0.3 is 0 Å². The monoisotopic (exact) mass is 213 g/mol. The third-order valence-corrected chi connectivity index (χ3v) is 2.80. The molecule has 0 saturated heterocycles. The van der Waals surface area contributed by atoms with E-state index in [2.05, 4.69) is 23.8 Å². The van der Waals surface area contributed by atoms with Crippen molar-refractivity contribution in [3.63, 3.8) is 0 Å². The van der Waals surface area contributed by atoms with E-state index in [4.69, 9.17) is 10.5 Å². The van der Waals surface area contributed by atoms with E-state index in [9.17, 15) is 0 Å². The van der Waals surface area contributed by atoms with Gasteiger partial charge in [0.1, 0.15) is 0 Å². The van der Waals surface area contributed by atoms with Gasteiger partial charge in [-0.2, -0.15) is 11.3 Å². The van der Waals surface area contributed by atoms with E-state index in [0.29, 0.717) is 6.61 Å². The highest BCUT2D eigenvalue weighted by molar-refractivity contribution is 7.07. The van der Waals surface area contributed by atoms with Crippen LogP contribution in [-0.4, -0.2) is 19.3 Å². The standard InChI is InChI=1S/C11H19NOS/c1-2-6-13-8-11(12)4-3-10-5-7-14-9-10/h5,7,9,11H,2-4,6,8,12H2,1H3. The highest BCUT2D eigenvalue weighted by Gasteiger charge is 2.03. The zero-order valence-electron chi connectivity index (χ0n) is 8.74. The number of hydrogen-bond acceptors (Lipinski definition) is 3. The van der Waals surface area contributed by atoms with Gasteiger partial charge in [0.15, 0.2) is 0 Å². The Morgan fingerprint density at radius 1 is 1.57 bits per heavy atom. The molecule has 1 aromatic rings. The maximum atomic E-state index is 5.91. The molecule has 1 rings (SSSR count). The van der Waals surface area contributed by atoms with Crippen molar-refractivity contribution in [1.29, 1.82) is 0 Å². The summed E-state index contributed by atoms with van der Waals surface area (Å²) in [5.74, 6) is 0. The second-order valence-corrected chi connectivity index (χ2v) is 4.29. The summed E-state index contributed by atoms with van der Waals surface area (Å²) in [5, 5.41) is 4.29. The van der Waals surface area contributed by atoms with Crippen molar-refractivity contribution < 1.29 is 4.74 Å². The molecule has 0 aromatic carbocycles. The number of nitrogens with two attached hydrogens (primary N) is 1. The first kappa shape index (κ1) is 11.7. The van der Waals surface area contributed by atoms with E-state index < -0.39 is 0 Å². The third-order valence-electron chi connectivity index (χ3n) is 2.06. The van der Waals surface area contributed by atoms with Crippen LogP contribution >= 0.6 is 11.3 Å². The van der Waals surface area contributed by atoms with Crippen LogP contribution in [0.3, 0.4) is 0 Å². The summed E-state index contributed by atoms with van der Waals surface area (Å²) in [4.78, 5) is 0. The minimum absolute atomic E-state index is 0.182. The molecule has 2 N–H and O–H groups in total. The zero-order valence-corrected chi connectivity index (χ0v) is 9.56. The van der Waals surface area contributed by atoms with Gasteiger partial charge in [0, 0.05) is 12.6 Å². The Morgan fingerprint density at radius 3 is 3.07 bits per heavy atom. The minimum Gasteiger partial charge on any atom is -0.380 e. The Kier molecular flexibility index (Phi) is 5.83. The molecule has 0 bridgehead atoms. The third kappa shape index (κ3) is 4.74. The SMILES string of the molecule is CCCOCC(N)CCc1ccsc1. The molecule has 2 nitrogen and oxygen atoms in total. The fourth-order valence-corrected chi connectivity index (χ4v) is 1.95. The smallest absolute Gasteiger partial charge is 0.0617 e. The van der Waals surface area contributed by atoms with Gasteiger partial charge < -0.3 is 10.5 Å². The molecule has 3 heteroatoms. The predicted molar refractivity (Wildman–Crippen MR) is 61.7 cm³/mol. The summed E-state index contributed by atoms with van der Waals surface area (Å²) in [6.07, 6.45) is 3.15. The number of hydrogen-bond donors (Lipinski definition) is 1. The van der Waals surface area contributed by atoms with Crippen molar-refractivity contribution in [3.8, 4) is 0 Å². The van der Waals surface area contributed by atoms with Crippen molar-refractivity contribution in [1.82, 2.24) is 0 Å². The largest absolute Gasteiger partial charge is 0.380 e. The first-order chi connectivity index (χ1) is 6.83. The average Bonchev–Trinajstić information content (AvgIpc) is 2.68. The molecule has 14 heavy (non-hydrogen) atoms. The van der Waals surface area contributed by atoms with E-state index in [1.165, 1.54) is 5.56 Å². The molecule has 1 heterocycles. The quantitative estimate of drug-likeness (QED) is 0.706. The second kappa shape index (κ2) is 6.98. The maximum Gasteiger partial charge on any atom is 0.0617 e. The molecule has 1 aromatic heterocycles. The van der Waals surface area contributed by atoms with Crippen LogP contribution in [0.1, 0.15) is 25.3 Å². The summed E-state index contributed by atoms with van der Waals surface area (Å²) in [6, 6.07) is 2.34. The molecule has 0 aliphatic heterocycles.